The SMILES string of the molecule is Cc1c(-c2ccccc2)nc(C2CCCN2)[nH]c1=O. The van der Waals surface area contributed by atoms with E-state index in [1.807, 2.05) is 37.3 Å². The van der Waals surface area contributed by atoms with E-state index in [0.717, 1.165) is 36.5 Å². The van der Waals surface area contributed by atoms with Crippen LogP contribution >= 0.6 is 0 Å². The molecule has 3 rings (SSSR count). The maximum absolute atomic E-state index is 12.1. The molecule has 1 atom stereocenters. The maximum atomic E-state index is 12.1. The number of H-pyrrole nitrogens is 1. The van der Waals surface area contributed by atoms with Crippen LogP contribution in [-0.2, 0) is 0 Å². The van der Waals surface area contributed by atoms with Crippen LogP contribution in [0.25, 0.3) is 11.3 Å². The van der Waals surface area contributed by atoms with Gasteiger partial charge in [-0.15, -0.1) is 0 Å². The first-order valence-electron chi connectivity index (χ1n) is 6.65. The van der Waals surface area contributed by atoms with Gasteiger partial charge in [-0.2, -0.15) is 0 Å². The Balaban J connectivity index is 2.11. The number of benzene rings is 1. The van der Waals surface area contributed by atoms with E-state index in [1.165, 1.54) is 0 Å². The number of nitrogens with zero attached hydrogens (tertiary/aromatic N) is 1. The highest BCUT2D eigenvalue weighted by Gasteiger charge is 2.20. The van der Waals surface area contributed by atoms with Crippen molar-refractivity contribution in [2.75, 3.05) is 6.54 Å². The van der Waals surface area contributed by atoms with Crippen molar-refractivity contribution >= 4 is 0 Å². The van der Waals surface area contributed by atoms with Crippen LogP contribution in [0, 0.1) is 6.92 Å². The van der Waals surface area contributed by atoms with E-state index in [-0.39, 0.29) is 11.6 Å². The van der Waals surface area contributed by atoms with Gasteiger partial charge in [0, 0.05) is 11.1 Å². The van der Waals surface area contributed by atoms with E-state index in [9.17, 15) is 4.79 Å². The average molecular weight is 255 g/mol. The molecule has 1 aliphatic rings. The summed E-state index contributed by atoms with van der Waals surface area (Å²) in [5, 5.41) is 3.37. The number of aromatic nitrogens is 2. The van der Waals surface area contributed by atoms with Gasteiger partial charge in [0.05, 0.1) is 11.7 Å². The first-order chi connectivity index (χ1) is 9.25. The lowest BCUT2D eigenvalue weighted by molar-refractivity contribution is 0.602. The standard InChI is InChI=1S/C15H17N3O/c1-10-13(11-6-3-2-4-7-11)17-14(18-15(10)19)12-8-5-9-16-12/h2-4,6-7,12,16H,5,8-9H2,1H3,(H,17,18,19). The Labute approximate surface area is 111 Å². The smallest absolute Gasteiger partial charge is 0.254 e. The van der Waals surface area contributed by atoms with Crippen molar-refractivity contribution in [2.45, 2.75) is 25.8 Å². The van der Waals surface area contributed by atoms with Crippen LogP contribution in [0.1, 0.15) is 30.3 Å². The third kappa shape index (κ3) is 2.31. The molecule has 1 aliphatic heterocycles. The molecular weight excluding hydrogens is 238 g/mol. The van der Waals surface area contributed by atoms with Gasteiger partial charge in [-0.1, -0.05) is 30.3 Å². The zero-order valence-electron chi connectivity index (χ0n) is 10.9. The summed E-state index contributed by atoms with van der Waals surface area (Å²) in [7, 11) is 0. The van der Waals surface area contributed by atoms with Crippen molar-refractivity contribution in [3.8, 4) is 11.3 Å². The summed E-state index contributed by atoms with van der Waals surface area (Å²) in [5.74, 6) is 0.756. The quantitative estimate of drug-likeness (QED) is 0.864. The second-order valence-electron chi connectivity index (χ2n) is 4.94. The van der Waals surface area contributed by atoms with Crippen LogP contribution < -0.4 is 10.9 Å². The largest absolute Gasteiger partial charge is 0.309 e. The Morgan fingerprint density at radius 1 is 1.26 bits per heavy atom. The van der Waals surface area contributed by atoms with Gasteiger partial charge in [-0.25, -0.2) is 4.98 Å². The lowest BCUT2D eigenvalue weighted by Gasteiger charge is -2.12. The highest BCUT2D eigenvalue weighted by molar-refractivity contribution is 5.62. The molecule has 0 spiro atoms. The minimum absolute atomic E-state index is 0.0439. The minimum Gasteiger partial charge on any atom is -0.309 e. The molecule has 98 valence electrons. The summed E-state index contributed by atoms with van der Waals surface area (Å²) < 4.78 is 0. The van der Waals surface area contributed by atoms with Gasteiger partial charge in [0.25, 0.3) is 5.56 Å². The molecular formula is C15H17N3O. The van der Waals surface area contributed by atoms with E-state index in [4.69, 9.17) is 0 Å². The lowest BCUT2D eigenvalue weighted by Crippen LogP contribution is -2.22. The van der Waals surface area contributed by atoms with Gasteiger partial charge in [0.2, 0.25) is 0 Å². The second kappa shape index (κ2) is 4.97. The fourth-order valence-electron chi connectivity index (χ4n) is 2.51. The third-order valence-electron chi connectivity index (χ3n) is 3.61. The van der Waals surface area contributed by atoms with Crippen LogP contribution in [0.2, 0.25) is 0 Å². The lowest BCUT2D eigenvalue weighted by atomic mass is 10.1. The first kappa shape index (κ1) is 12.1. The van der Waals surface area contributed by atoms with Crippen molar-refractivity contribution in [1.82, 2.24) is 15.3 Å². The first-order valence-corrected chi connectivity index (χ1v) is 6.65. The molecule has 2 N–H and O–H groups in total. The normalized spacial score (nSPS) is 18.7. The summed E-state index contributed by atoms with van der Waals surface area (Å²) in [6.45, 7) is 2.81. The maximum Gasteiger partial charge on any atom is 0.254 e. The molecule has 0 aliphatic carbocycles. The molecule has 0 bridgehead atoms. The Morgan fingerprint density at radius 3 is 2.74 bits per heavy atom. The minimum atomic E-state index is -0.0439. The van der Waals surface area contributed by atoms with Crippen molar-refractivity contribution in [3.05, 3.63) is 52.1 Å². The van der Waals surface area contributed by atoms with Crippen molar-refractivity contribution < 1.29 is 0 Å². The molecule has 1 aromatic heterocycles. The molecule has 1 fully saturated rings. The van der Waals surface area contributed by atoms with Gasteiger partial charge < -0.3 is 10.3 Å². The Hall–Kier alpha value is -1.94. The molecule has 2 aromatic rings. The number of hydrogen-bond acceptors (Lipinski definition) is 3. The molecule has 1 unspecified atom stereocenters. The number of rotatable bonds is 2. The topological polar surface area (TPSA) is 57.8 Å². The Morgan fingerprint density at radius 2 is 2.05 bits per heavy atom. The van der Waals surface area contributed by atoms with E-state index in [1.54, 1.807) is 0 Å². The molecule has 1 aromatic carbocycles. The van der Waals surface area contributed by atoms with Crippen molar-refractivity contribution in [2.24, 2.45) is 0 Å². The summed E-state index contributed by atoms with van der Waals surface area (Å²) in [4.78, 5) is 19.6. The summed E-state index contributed by atoms with van der Waals surface area (Å²) in [6, 6.07) is 10.0. The molecule has 19 heavy (non-hydrogen) atoms. The van der Waals surface area contributed by atoms with Gasteiger partial charge in [-0.05, 0) is 26.3 Å². The van der Waals surface area contributed by atoms with E-state index in [0.29, 0.717) is 5.56 Å². The highest BCUT2D eigenvalue weighted by atomic mass is 16.1. The molecule has 4 heteroatoms. The molecule has 0 saturated carbocycles. The number of nitrogens with one attached hydrogen (secondary N) is 2. The van der Waals surface area contributed by atoms with Gasteiger partial charge in [-0.3, -0.25) is 4.79 Å². The van der Waals surface area contributed by atoms with Crippen LogP contribution in [0.4, 0.5) is 0 Å². The van der Waals surface area contributed by atoms with Gasteiger partial charge in [0.15, 0.2) is 0 Å². The molecule has 0 radical (unpaired) electrons. The van der Waals surface area contributed by atoms with Crippen LogP contribution in [0.3, 0.4) is 0 Å². The van der Waals surface area contributed by atoms with Crippen LogP contribution in [-0.4, -0.2) is 16.5 Å². The van der Waals surface area contributed by atoms with Gasteiger partial charge >= 0.3 is 0 Å². The Kier molecular flexibility index (Phi) is 3.17. The van der Waals surface area contributed by atoms with Crippen molar-refractivity contribution in [3.63, 3.8) is 0 Å². The van der Waals surface area contributed by atoms with E-state index in [2.05, 4.69) is 15.3 Å². The van der Waals surface area contributed by atoms with Crippen LogP contribution in [0.15, 0.2) is 35.1 Å². The summed E-state index contributed by atoms with van der Waals surface area (Å²) in [5.41, 5.74) is 2.41. The molecule has 1 saturated heterocycles. The number of aromatic amines is 1. The highest BCUT2D eigenvalue weighted by Crippen LogP contribution is 2.23. The predicted octanol–water partition coefficient (Wildman–Crippen LogP) is 2.17. The summed E-state index contributed by atoms with van der Waals surface area (Å²) >= 11 is 0. The second-order valence-corrected chi connectivity index (χ2v) is 4.94. The number of hydrogen-bond donors (Lipinski definition) is 2. The monoisotopic (exact) mass is 255 g/mol. The molecule has 4 nitrogen and oxygen atoms in total. The summed E-state index contributed by atoms with van der Waals surface area (Å²) in [6.07, 6.45) is 2.16. The fraction of sp³-hybridized carbons (Fsp3) is 0.333. The third-order valence-corrected chi connectivity index (χ3v) is 3.61. The Bertz CT molecular complexity index is 628. The van der Waals surface area contributed by atoms with Gasteiger partial charge in [0.1, 0.15) is 5.82 Å². The average Bonchev–Trinajstić information content (AvgIpc) is 2.97. The predicted molar refractivity (Wildman–Crippen MR) is 75.0 cm³/mol. The zero-order valence-corrected chi connectivity index (χ0v) is 10.9. The van der Waals surface area contributed by atoms with E-state index >= 15 is 0 Å². The molecule has 0 amide bonds. The van der Waals surface area contributed by atoms with Crippen molar-refractivity contribution in [1.29, 1.82) is 0 Å². The molecule has 2 heterocycles. The fourth-order valence-corrected chi connectivity index (χ4v) is 2.51. The van der Waals surface area contributed by atoms with E-state index < -0.39 is 0 Å². The zero-order chi connectivity index (χ0) is 13.2. The van der Waals surface area contributed by atoms with Crippen LogP contribution in [0.5, 0.6) is 0 Å².